The predicted octanol–water partition coefficient (Wildman–Crippen LogP) is 0.778. The zero-order valence-corrected chi connectivity index (χ0v) is 13.1. The number of hydrogen-bond donors (Lipinski definition) is 2. The molecule has 0 aromatic heterocycles. The van der Waals surface area contributed by atoms with Crippen LogP contribution in [0.5, 0.6) is 0 Å². The number of hydrogen-bond acceptors (Lipinski definition) is 6. The Morgan fingerprint density at radius 1 is 1.30 bits per heavy atom. The molecule has 0 saturated carbocycles. The molecule has 7 nitrogen and oxygen atoms in total. The Bertz CT molecular complexity index is 371. The van der Waals surface area contributed by atoms with Gasteiger partial charge in [-0.05, 0) is 12.3 Å². The van der Waals surface area contributed by atoms with Crippen LogP contribution in [0.15, 0.2) is 0 Å². The van der Waals surface area contributed by atoms with E-state index in [2.05, 4.69) is 6.92 Å². The van der Waals surface area contributed by atoms with E-state index in [1.54, 1.807) is 0 Å². The molecule has 0 amide bonds. The predicted molar refractivity (Wildman–Crippen MR) is 75.8 cm³/mol. The minimum Gasteiger partial charge on any atom is -0.465 e. The van der Waals surface area contributed by atoms with Gasteiger partial charge < -0.3 is 10.5 Å². The van der Waals surface area contributed by atoms with Crippen LogP contribution in [0.3, 0.4) is 0 Å². The van der Waals surface area contributed by atoms with Gasteiger partial charge >= 0.3 is 5.97 Å². The van der Waals surface area contributed by atoms with Gasteiger partial charge in [0.25, 0.3) is 10.1 Å². The Balaban J connectivity index is 0. The number of ketones is 1. The van der Waals surface area contributed by atoms with Crippen molar-refractivity contribution in [2.45, 2.75) is 39.5 Å². The molecule has 0 rings (SSSR count). The molecule has 1 unspecified atom stereocenters. The van der Waals surface area contributed by atoms with E-state index in [0.717, 1.165) is 12.8 Å². The molecule has 20 heavy (non-hydrogen) atoms. The van der Waals surface area contributed by atoms with Crippen LogP contribution in [-0.2, 0) is 24.4 Å². The fourth-order valence-corrected chi connectivity index (χ4v) is 1.23. The highest BCUT2D eigenvalue weighted by Gasteiger charge is 2.08. The van der Waals surface area contributed by atoms with E-state index >= 15 is 0 Å². The maximum absolute atomic E-state index is 11.2. The molecule has 1 atom stereocenters. The number of esters is 1. The van der Waals surface area contributed by atoms with Gasteiger partial charge in [-0.25, -0.2) is 0 Å². The van der Waals surface area contributed by atoms with Crippen molar-refractivity contribution in [1.82, 2.24) is 0 Å². The molecule has 0 aliphatic heterocycles. The molecule has 0 aromatic carbocycles. The largest absolute Gasteiger partial charge is 0.465 e. The summed E-state index contributed by atoms with van der Waals surface area (Å²) in [4.78, 5) is 22.0. The summed E-state index contributed by atoms with van der Waals surface area (Å²) in [6.07, 6.45) is 3.19. The lowest BCUT2D eigenvalue weighted by Gasteiger charge is -2.10. The summed E-state index contributed by atoms with van der Waals surface area (Å²) in [6, 6.07) is 0. The molecule has 0 fully saturated rings. The molecule has 0 saturated heterocycles. The van der Waals surface area contributed by atoms with Gasteiger partial charge in [-0.3, -0.25) is 14.1 Å². The molecule has 3 N–H and O–H groups in total. The molecule has 8 heteroatoms. The number of carbonyl (C=O) groups is 2. The van der Waals surface area contributed by atoms with Crippen molar-refractivity contribution in [2.24, 2.45) is 11.7 Å². The SMILES string of the molecule is CCCC(C)COC(=O)CCC(=O)CN.CS(=O)(=O)O. The van der Waals surface area contributed by atoms with Crippen LogP contribution in [0.25, 0.3) is 0 Å². The second kappa shape index (κ2) is 11.8. The number of nitrogens with two attached hydrogens (primary N) is 1. The van der Waals surface area contributed by atoms with Crippen LogP contribution < -0.4 is 5.73 Å². The molecule has 0 aliphatic rings. The molecule has 0 aliphatic carbocycles. The molecule has 0 spiro atoms. The molecule has 120 valence electrons. The van der Waals surface area contributed by atoms with Crippen molar-refractivity contribution in [3.05, 3.63) is 0 Å². The van der Waals surface area contributed by atoms with Crippen molar-refractivity contribution in [1.29, 1.82) is 0 Å². The van der Waals surface area contributed by atoms with Crippen molar-refractivity contribution >= 4 is 21.9 Å². The summed E-state index contributed by atoms with van der Waals surface area (Å²) in [7, 11) is -3.67. The van der Waals surface area contributed by atoms with Gasteiger partial charge in [0.1, 0.15) is 5.78 Å². The van der Waals surface area contributed by atoms with Crippen molar-refractivity contribution in [3.8, 4) is 0 Å². The second-order valence-corrected chi connectivity index (χ2v) is 6.02. The highest BCUT2D eigenvalue weighted by molar-refractivity contribution is 7.85. The van der Waals surface area contributed by atoms with Crippen LogP contribution in [0.4, 0.5) is 0 Å². The summed E-state index contributed by atoms with van der Waals surface area (Å²) in [5.74, 6) is -0.0162. The Labute approximate surface area is 120 Å². The van der Waals surface area contributed by atoms with Crippen LogP contribution in [-0.4, -0.2) is 44.1 Å². The lowest BCUT2D eigenvalue weighted by Crippen LogP contribution is -2.17. The minimum atomic E-state index is -3.67. The second-order valence-electron chi connectivity index (χ2n) is 4.55. The summed E-state index contributed by atoms with van der Waals surface area (Å²) in [5, 5.41) is 0. The van der Waals surface area contributed by atoms with Crippen LogP contribution in [0.2, 0.25) is 0 Å². The summed E-state index contributed by atoms with van der Waals surface area (Å²) in [6.45, 7) is 4.59. The van der Waals surface area contributed by atoms with Gasteiger partial charge in [0.15, 0.2) is 0 Å². The monoisotopic (exact) mass is 311 g/mol. The average molecular weight is 311 g/mol. The fourth-order valence-electron chi connectivity index (χ4n) is 1.23. The van der Waals surface area contributed by atoms with E-state index in [9.17, 15) is 18.0 Å². The standard InChI is InChI=1S/C11H21NO3.CH4O3S/c1-3-4-9(2)8-15-11(14)6-5-10(13)7-12;1-5(2,3)4/h9H,3-8,12H2,1-2H3;1H3,(H,2,3,4). The topological polar surface area (TPSA) is 124 Å². The van der Waals surface area contributed by atoms with Gasteiger partial charge in [-0.2, -0.15) is 8.42 Å². The van der Waals surface area contributed by atoms with Crippen LogP contribution in [0, 0.1) is 5.92 Å². The maximum atomic E-state index is 11.2. The van der Waals surface area contributed by atoms with Crippen molar-refractivity contribution in [3.63, 3.8) is 0 Å². The Kier molecular flexibility index (Phi) is 12.6. The fraction of sp³-hybridized carbons (Fsp3) is 0.833. The van der Waals surface area contributed by atoms with Crippen molar-refractivity contribution in [2.75, 3.05) is 19.4 Å². The zero-order chi connectivity index (χ0) is 16.2. The number of ether oxygens (including phenoxy) is 1. The normalized spacial score (nSPS) is 12.1. The molecular formula is C12H25NO6S. The van der Waals surface area contributed by atoms with E-state index in [1.165, 1.54) is 0 Å². The minimum absolute atomic E-state index is 0.000479. The van der Waals surface area contributed by atoms with E-state index in [1.807, 2.05) is 6.92 Å². The first-order chi connectivity index (χ1) is 9.10. The van der Waals surface area contributed by atoms with Crippen LogP contribution in [0.1, 0.15) is 39.5 Å². The lowest BCUT2D eigenvalue weighted by atomic mass is 10.1. The third-order valence-electron chi connectivity index (χ3n) is 2.15. The highest BCUT2D eigenvalue weighted by Crippen LogP contribution is 2.06. The molecule has 0 bridgehead atoms. The number of rotatable bonds is 8. The first kappa shape index (κ1) is 21.3. The molecule has 0 heterocycles. The van der Waals surface area contributed by atoms with E-state index < -0.39 is 10.1 Å². The number of Topliss-reactive ketones (excluding diaryl/α,β-unsaturated/α-hetero) is 1. The van der Waals surface area contributed by atoms with Gasteiger partial charge in [0, 0.05) is 6.42 Å². The molecular weight excluding hydrogens is 286 g/mol. The Hall–Kier alpha value is -0.990. The summed E-state index contributed by atoms with van der Waals surface area (Å²) >= 11 is 0. The van der Waals surface area contributed by atoms with Gasteiger partial charge in [-0.15, -0.1) is 0 Å². The van der Waals surface area contributed by atoms with Gasteiger partial charge in [0.05, 0.1) is 25.8 Å². The average Bonchev–Trinajstić information content (AvgIpc) is 2.31. The molecule has 0 radical (unpaired) electrons. The first-order valence-electron chi connectivity index (χ1n) is 6.40. The van der Waals surface area contributed by atoms with Gasteiger partial charge in [-0.1, -0.05) is 20.3 Å². The smallest absolute Gasteiger partial charge is 0.306 e. The Morgan fingerprint density at radius 3 is 2.20 bits per heavy atom. The zero-order valence-electron chi connectivity index (χ0n) is 12.3. The van der Waals surface area contributed by atoms with Crippen molar-refractivity contribution < 1.29 is 27.3 Å². The first-order valence-corrected chi connectivity index (χ1v) is 8.24. The lowest BCUT2D eigenvalue weighted by molar-refractivity contribution is -0.146. The Morgan fingerprint density at radius 2 is 1.80 bits per heavy atom. The quantitative estimate of drug-likeness (QED) is 0.501. The third-order valence-corrected chi connectivity index (χ3v) is 2.15. The maximum Gasteiger partial charge on any atom is 0.306 e. The summed E-state index contributed by atoms with van der Waals surface area (Å²) in [5.41, 5.74) is 5.12. The third kappa shape index (κ3) is 22.2. The van der Waals surface area contributed by atoms with E-state index in [4.69, 9.17) is 15.0 Å². The van der Waals surface area contributed by atoms with Crippen LogP contribution >= 0.6 is 0 Å². The number of carbonyl (C=O) groups excluding carboxylic acids is 2. The summed E-state index contributed by atoms with van der Waals surface area (Å²) < 4.78 is 30.9. The van der Waals surface area contributed by atoms with E-state index in [0.29, 0.717) is 18.8 Å². The highest BCUT2D eigenvalue weighted by atomic mass is 32.2. The molecule has 0 aromatic rings. The van der Waals surface area contributed by atoms with E-state index in [-0.39, 0.29) is 31.1 Å². The van der Waals surface area contributed by atoms with Gasteiger partial charge in [0.2, 0.25) is 0 Å².